The summed E-state index contributed by atoms with van der Waals surface area (Å²) in [5.74, 6) is 0.122. The van der Waals surface area contributed by atoms with Gasteiger partial charge in [0.2, 0.25) is 0 Å². The second kappa shape index (κ2) is 5.71. The highest BCUT2D eigenvalue weighted by Crippen LogP contribution is 2.26. The molecule has 98 valence electrons. The van der Waals surface area contributed by atoms with Crippen molar-refractivity contribution >= 4 is 34.6 Å². The van der Waals surface area contributed by atoms with E-state index in [1.807, 2.05) is 12.3 Å². The van der Waals surface area contributed by atoms with Crippen molar-refractivity contribution in [3.8, 4) is 0 Å². The van der Waals surface area contributed by atoms with Crippen LogP contribution in [-0.4, -0.2) is 34.8 Å². The normalized spacial score (nSPS) is 22.4. The lowest BCUT2D eigenvalue weighted by Crippen LogP contribution is -2.43. The largest absolute Gasteiger partial charge is 0.411 e. The van der Waals surface area contributed by atoms with Crippen LogP contribution in [0.4, 0.5) is 0 Å². The van der Waals surface area contributed by atoms with E-state index in [0.29, 0.717) is 29.4 Å². The third-order valence-electron chi connectivity index (χ3n) is 3.27. The zero-order valence-corrected chi connectivity index (χ0v) is 11.7. The molecule has 0 aromatic carbocycles. The van der Waals surface area contributed by atoms with E-state index in [1.54, 1.807) is 11.0 Å². The summed E-state index contributed by atoms with van der Waals surface area (Å²) in [7, 11) is 0. The Morgan fingerprint density at radius 2 is 2.50 bits per heavy atom. The summed E-state index contributed by atoms with van der Waals surface area (Å²) in [5, 5.41) is 14.6. The van der Waals surface area contributed by atoms with Crippen molar-refractivity contribution in [3.63, 3.8) is 0 Å². The molecule has 1 aromatic heterocycles. The molecule has 1 unspecified atom stereocenters. The number of amides is 1. The van der Waals surface area contributed by atoms with Gasteiger partial charge in [0.15, 0.2) is 0 Å². The topological polar surface area (TPSA) is 52.9 Å². The second-order valence-electron chi connectivity index (χ2n) is 4.30. The van der Waals surface area contributed by atoms with Gasteiger partial charge in [-0.25, -0.2) is 0 Å². The fourth-order valence-electron chi connectivity index (χ4n) is 2.19. The maximum atomic E-state index is 12.3. The number of piperidine rings is 1. The number of halogens is 1. The van der Waals surface area contributed by atoms with Gasteiger partial charge in [-0.05, 0) is 17.9 Å². The molecule has 18 heavy (non-hydrogen) atoms. The van der Waals surface area contributed by atoms with Gasteiger partial charge in [-0.1, -0.05) is 23.7 Å². The minimum Gasteiger partial charge on any atom is -0.411 e. The van der Waals surface area contributed by atoms with Crippen LogP contribution >= 0.6 is 22.9 Å². The van der Waals surface area contributed by atoms with Crippen LogP contribution in [0.25, 0.3) is 0 Å². The lowest BCUT2D eigenvalue weighted by molar-refractivity contribution is 0.0734. The smallest absolute Gasteiger partial charge is 0.265 e. The van der Waals surface area contributed by atoms with E-state index in [9.17, 15) is 4.79 Å². The van der Waals surface area contributed by atoms with E-state index >= 15 is 0 Å². The van der Waals surface area contributed by atoms with Crippen molar-refractivity contribution in [2.75, 3.05) is 13.1 Å². The molecule has 0 spiro atoms. The Morgan fingerprint density at radius 3 is 3.06 bits per heavy atom. The van der Waals surface area contributed by atoms with E-state index in [1.165, 1.54) is 11.3 Å². The molecule has 1 N–H and O–H groups in total. The summed E-state index contributed by atoms with van der Waals surface area (Å²) in [4.78, 5) is 14.7. The molecule has 4 nitrogen and oxygen atoms in total. The number of rotatable bonds is 2. The van der Waals surface area contributed by atoms with Crippen molar-refractivity contribution < 1.29 is 10.0 Å². The predicted molar refractivity (Wildman–Crippen MR) is 72.9 cm³/mol. The Labute approximate surface area is 115 Å². The zero-order valence-electron chi connectivity index (χ0n) is 10.1. The molecule has 1 aliphatic heterocycles. The van der Waals surface area contributed by atoms with Crippen molar-refractivity contribution in [3.05, 3.63) is 21.3 Å². The van der Waals surface area contributed by atoms with Crippen LogP contribution < -0.4 is 0 Å². The Balaban J connectivity index is 2.12. The summed E-state index contributed by atoms with van der Waals surface area (Å²) in [6, 6.07) is 1.74. The van der Waals surface area contributed by atoms with Crippen LogP contribution in [0.15, 0.2) is 16.6 Å². The fraction of sp³-hybridized carbons (Fsp3) is 0.500. The number of hydrogen-bond donors (Lipinski definition) is 1. The van der Waals surface area contributed by atoms with E-state index in [4.69, 9.17) is 16.8 Å². The third kappa shape index (κ3) is 2.52. The summed E-state index contributed by atoms with van der Waals surface area (Å²) in [6.07, 6.45) is 1.49. The van der Waals surface area contributed by atoms with Crippen LogP contribution in [0.5, 0.6) is 0 Å². The van der Waals surface area contributed by atoms with E-state index in [-0.39, 0.29) is 11.8 Å². The lowest BCUT2D eigenvalue weighted by atomic mass is 9.93. The Hall–Kier alpha value is -1.07. The molecule has 0 aliphatic carbocycles. The average Bonchev–Trinajstić information content (AvgIpc) is 2.83. The maximum absolute atomic E-state index is 12.3. The predicted octanol–water partition coefficient (Wildman–Crippen LogP) is 3.10. The van der Waals surface area contributed by atoms with Crippen LogP contribution in [-0.2, 0) is 0 Å². The van der Waals surface area contributed by atoms with Gasteiger partial charge in [-0.15, -0.1) is 11.3 Å². The first-order valence-corrected chi connectivity index (χ1v) is 7.16. The lowest BCUT2D eigenvalue weighted by Gasteiger charge is -2.32. The average molecular weight is 287 g/mol. The minimum atomic E-state index is -0.0227. The molecule has 1 fully saturated rings. The van der Waals surface area contributed by atoms with Gasteiger partial charge in [-0.2, -0.15) is 0 Å². The van der Waals surface area contributed by atoms with Crippen LogP contribution in [0.3, 0.4) is 0 Å². The molecule has 1 aliphatic rings. The molecule has 1 saturated heterocycles. The number of likely N-dealkylation sites (tertiary alicyclic amines) is 1. The molecule has 6 heteroatoms. The molecular weight excluding hydrogens is 272 g/mol. The Morgan fingerprint density at radius 1 is 1.72 bits per heavy atom. The van der Waals surface area contributed by atoms with E-state index < -0.39 is 0 Å². The van der Waals surface area contributed by atoms with Gasteiger partial charge < -0.3 is 10.1 Å². The first-order chi connectivity index (χ1) is 8.67. The van der Waals surface area contributed by atoms with Crippen molar-refractivity contribution in [2.45, 2.75) is 19.8 Å². The zero-order chi connectivity index (χ0) is 13.1. The molecular formula is C12H15ClN2O2S. The summed E-state index contributed by atoms with van der Waals surface area (Å²) in [6.45, 7) is 3.22. The van der Waals surface area contributed by atoms with Crippen LogP contribution in [0, 0.1) is 5.92 Å². The molecule has 2 rings (SSSR count). The van der Waals surface area contributed by atoms with E-state index in [2.05, 4.69) is 5.16 Å². The number of carbonyl (C=O) groups is 1. The number of oxime groups is 1. The number of carbonyl (C=O) groups excluding carboxylic acids is 1. The number of nitrogens with zero attached hydrogens (tertiary/aromatic N) is 2. The Kier molecular flexibility index (Phi) is 4.24. The van der Waals surface area contributed by atoms with Crippen LogP contribution in [0.1, 0.15) is 29.4 Å². The van der Waals surface area contributed by atoms with Crippen LogP contribution in [0.2, 0.25) is 5.02 Å². The van der Waals surface area contributed by atoms with Gasteiger partial charge in [0, 0.05) is 25.4 Å². The molecule has 1 atom stereocenters. The molecule has 0 saturated carbocycles. The second-order valence-corrected chi connectivity index (χ2v) is 5.62. The molecule has 1 aromatic rings. The van der Waals surface area contributed by atoms with Gasteiger partial charge in [0.25, 0.3) is 5.91 Å². The highest BCUT2D eigenvalue weighted by atomic mass is 35.5. The highest BCUT2D eigenvalue weighted by Gasteiger charge is 2.29. The summed E-state index contributed by atoms with van der Waals surface area (Å²) >= 11 is 7.34. The quantitative estimate of drug-likeness (QED) is 0.671. The summed E-state index contributed by atoms with van der Waals surface area (Å²) in [5.41, 5.74) is 0.791. The van der Waals surface area contributed by atoms with Crippen molar-refractivity contribution in [1.29, 1.82) is 0 Å². The Bertz CT molecular complexity index is 472. The molecule has 0 radical (unpaired) electrons. The first kappa shape index (κ1) is 13.4. The monoisotopic (exact) mass is 286 g/mol. The number of hydrogen-bond acceptors (Lipinski definition) is 4. The van der Waals surface area contributed by atoms with Gasteiger partial charge in [-0.3, -0.25) is 4.79 Å². The van der Waals surface area contributed by atoms with Gasteiger partial charge >= 0.3 is 0 Å². The third-order valence-corrected chi connectivity index (χ3v) is 4.60. The fourth-order valence-corrected chi connectivity index (χ4v) is 3.29. The summed E-state index contributed by atoms with van der Waals surface area (Å²) < 4.78 is 0. The van der Waals surface area contributed by atoms with Crippen molar-refractivity contribution in [2.24, 2.45) is 11.1 Å². The molecule has 0 bridgehead atoms. The van der Waals surface area contributed by atoms with E-state index in [0.717, 1.165) is 12.1 Å². The standard InChI is InChI=1S/C12H15ClN2O2S/c1-2-8-7-15(5-3-10(8)14-17)12(16)11-9(13)4-6-18-11/h4,6,8,17H,2-3,5,7H2,1H3/b14-10+. The SMILES string of the molecule is CCC1CN(C(=O)c2sccc2Cl)CC/C1=N\O. The van der Waals surface area contributed by atoms with Crippen molar-refractivity contribution in [1.82, 2.24) is 4.90 Å². The van der Waals surface area contributed by atoms with Gasteiger partial charge in [0.1, 0.15) is 4.88 Å². The first-order valence-electron chi connectivity index (χ1n) is 5.90. The number of thiophene rings is 1. The highest BCUT2D eigenvalue weighted by molar-refractivity contribution is 7.12. The minimum absolute atomic E-state index is 0.0227. The molecule has 1 amide bonds. The van der Waals surface area contributed by atoms with Gasteiger partial charge in [0.05, 0.1) is 10.7 Å². The maximum Gasteiger partial charge on any atom is 0.265 e. The molecule has 2 heterocycles.